The van der Waals surface area contributed by atoms with Gasteiger partial charge in [0.25, 0.3) is 0 Å². The van der Waals surface area contributed by atoms with E-state index in [4.69, 9.17) is 9.47 Å². The largest absolute Gasteiger partial charge is 0.484 e. The number of aliphatic hydroxyl groups excluding tert-OH is 1. The number of hydrogen-bond donors (Lipinski definition) is 2. The lowest BCUT2D eigenvalue weighted by molar-refractivity contribution is -0.668. The van der Waals surface area contributed by atoms with Crippen LogP contribution in [-0.4, -0.2) is 42.4 Å². The zero-order chi connectivity index (χ0) is 18.4. The molecule has 7 heteroatoms. The molecule has 0 aliphatic carbocycles. The number of hydrogen-bond acceptors (Lipinski definition) is 5. The molecule has 2 aromatic rings. The van der Waals surface area contributed by atoms with Gasteiger partial charge >= 0.3 is 5.69 Å². The monoisotopic (exact) mass is 359 g/mol. The molecule has 0 aromatic heterocycles. The van der Waals surface area contributed by atoms with Gasteiger partial charge in [-0.1, -0.05) is 36.4 Å². The number of rotatable bonds is 8. The van der Waals surface area contributed by atoms with Gasteiger partial charge in [-0.3, -0.25) is 10.1 Å². The van der Waals surface area contributed by atoms with Crippen molar-refractivity contribution in [1.82, 2.24) is 0 Å². The van der Waals surface area contributed by atoms with Crippen molar-refractivity contribution >= 4 is 5.69 Å². The van der Waals surface area contributed by atoms with Crippen molar-refractivity contribution in [3.8, 4) is 5.75 Å². The van der Waals surface area contributed by atoms with Gasteiger partial charge < -0.3 is 19.9 Å². The topological polar surface area (TPSA) is 98.4 Å². The highest BCUT2D eigenvalue weighted by molar-refractivity contribution is 5.45. The third kappa shape index (κ3) is 4.57. The molecule has 3 rings (SSSR count). The number of nitrogens with two attached hydrogens (primary N) is 1. The lowest BCUT2D eigenvalue weighted by atomic mass is 9.97. The van der Waals surface area contributed by atoms with Gasteiger partial charge in [0.05, 0.1) is 11.5 Å². The summed E-state index contributed by atoms with van der Waals surface area (Å²) in [4.78, 5) is 10.5. The first-order valence-corrected chi connectivity index (χ1v) is 8.70. The van der Waals surface area contributed by atoms with Gasteiger partial charge in [-0.15, -0.1) is 0 Å². The standard InChI is InChI=1S/C19H22N2O5/c22-15(13-26-18-8-4-3-7-17(18)21(23)24)11-20-12-19-16-6-2-1-5-14(16)9-10-25-19/h1-8,15,19-20,22H,9-13H2/p+1/t15-,19-/m1/s1. The van der Waals surface area contributed by atoms with Crippen LogP contribution in [0.3, 0.4) is 0 Å². The fourth-order valence-electron chi connectivity index (χ4n) is 3.10. The molecule has 0 unspecified atom stereocenters. The van der Waals surface area contributed by atoms with Crippen LogP contribution in [0, 0.1) is 10.1 Å². The number of nitro benzene ring substituents is 1. The van der Waals surface area contributed by atoms with E-state index >= 15 is 0 Å². The molecule has 0 spiro atoms. The molecule has 0 saturated carbocycles. The second-order valence-corrected chi connectivity index (χ2v) is 6.26. The Kier molecular flexibility index (Phi) is 6.17. The Morgan fingerprint density at radius 1 is 1.27 bits per heavy atom. The number of quaternary nitrogens is 1. The highest BCUT2D eigenvalue weighted by Crippen LogP contribution is 2.26. The molecule has 0 radical (unpaired) electrons. The third-order valence-electron chi connectivity index (χ3n) is 4.41. The first-order chi connectivity index (χ1) is 12.6. The van der Waals surface area contributed by atoms with Crippen LogP contribution in [0.2, 0.25) is 0 Å². The predicted octanol–water partition coefficient (Wildman–Crippen LogP) is 1.21. The smallest absolute Gasteiger partial charge is 0.310 e. The summed E-state index contributed by atoms with van der Waals surface area (Å²) in [6, 6.07) is 14.4. The minimum atomic E-state index is -0.728. The van der Waals surface area contributed by atoms with E-state index in [9.17, 15) is 15.2 Å². The first-order valence-electron chi connectivity index (χ1n) is 8.70. The number of nitrogens with zero attached hydrogens (tertiary/aromatic N) is 1. The second-order valence-electron chi connectivity index (χ2n) is 6.26. The number of nitro groups is 1. The van der Waals surface area contributed by atoms with E-state index in [0.717, 1.165) is 6.42 Å². The number of aliphatic hydroxyl groups is 1. The van der Waals surface area contributed by atoms with Gasteiger partial charge in [0.15, 0.2) is 5.75 Å². The summed E-state index contributed by atoms with van der Waals surface area (Å²) in [6.45, 7) is 1.85. The molecule has 2 atom stereocenters. The van der Waals surface area contributed by atoms with E-state index in [1.54, 1.807) is 12.1 Å². The third-order valence-corrected chi connectivity index (χ3v) is 4.41. The van der Waals surface area contributed by atoms with E-state index in [0.29, 0.717) is 19.7 Å². The average Bonchev–Trinajstić information content (AvgIpc) is 2.66. The van der Waals surface area contributed by atoms with Crippen LogP contribution >= 0.6 is 0 Å². The summed E-state index contributed by atoms with van der Waals surface area (Å²) < 4.78 is 11.3. The Hall–Kier alpha value is -2.48. The fraction of sp³-hybridized carbons (Fsp3) is 0.368. The molecule has 1 heterocycles. The first kappa shape index (κ1) is 18.3. The zero-order valence-electron chi connectivity index (χ0n) is 14.4. The van der Waals surface area contributed by atoms with Crippen LogP contribution in [-0.2, 0) is 11.2 Å². The molecule has 3 N–H and O–H groups in total. The number of ether oxygens (including phenoxy) is 2. The maximum Gasteiger partial charge on any atom is 0.310 e. The summed E-state index contributed by atoms with van der Waals surface area (Å²) in [5, 5.41) is 23.0. The van der Waals surface area contributed by atoms with Crippen LogP contribution in [0.15, 0.2) is 48.5 Å². The lowest BCUT2D eigenvalue weighted by Crippen LogP contribution is -2.87. The highest BCUT2D eigenvalue weighted by atomic mass is 16.6. The van der Waals surface area contributed by atoms with Crippen molar-refractivity contribution in [2.24, 2.45) is 0 Å². The molecule has 0 saturated heterocycles. The van der Waals surface area contributed by atoms with Gasteiger partial charge in [-0.25, -0.2) is 0 Å². The molecular formula is C19H23N2O5+. The molecule has 0 amide bonds. The minimum Gasteiger partial charge on any atom is -0.484 e. The van der Waals surface area contributed by atoms with E-state index in [-0.39, 0.29) is 24.1 Å². The number of fused-ring (bicyclic) bond motifs is 1. The van der Waals surface area contributed by atoms with Crippen molar-refractivity contribution in [3.05, 3.63) is 69.8 Å². The molecular weight excluding hydrogens is 336 g/mol. The Bertz CT molecular complexity index is 752. The Labute approximate surface area is 151 Å². The molecule has 2 aromatic carbocycles. The zero-order valence-corrected chi connectivity index (χ0v) is 14.4. The Balaban J connectivity index is 1.46. The second kappa shape index (κ2) is 8.75. The Morgan fingerprint density at radius 2 is 2.04 bits per heavy atom. The maximum absolute atomic E-state index is 11.0. The van der Waals surface area contributed by atoms with Gasteiger partial charge in [0, 0.05) is 6.07 Å². The fourth-order valence-corrected chi connectivity index (χ4v) is 3.10. The number of benzene rings is 2. The van der Waals surface area contributed by atoms with E-state index in [2.05, 4.69) is 12.1 Å². The van der Waals surface area contributed by atoms with Gasteiger partial charge in [-0.05, 0) is 23.6 Å². The van der Waals surface area contributed by atoms with Crippen molar-refractivity contribution in [1.29, 1.82) is 0 Å². The van der Waals surface area contributed by atoms with Crippen molar-refractivity contribution < 1.29 is 24.8 Å². The molecule has 7 nitrogen and oxygen atoms in total. The van der Waals surface area contributed by atoms with Crippen LogP contribution in [0.1, 0.15) is 17.2 Å². The Morgan fingerprint density at radius 3 is 2.88 bits per heavy atom. The molecule has 1 aliphatic heterocycles. The van der Waals surface area contributed by atoms with Gasteiger partial charge in [-0.2, -0.15) is 0 Å². The van der Waals surface area contributed by atoms with Crippen LogP contribution in [0.5, 0.6) is 5.75 Å². The van der Waals surface area contributed by atoms with Gasteiger partial charge in [0.1, 0.15) is 31.9 Å². The van der Waals surface area contributed by atoms with Crippen molar-refractivity contribution in [2.45, 2.75) is 18.6 Å². The number of para-hydroxylation sites is 2. The summed E-state index contributed by atoms with van der Waals surface area (Å²) in [5.74, 6) is 0.168. The van der Waals surface area contributed by atoms with Crippen LogP contribution < -0.4 is 10.1 Å². The highest BCUT2D eigenvalue weighted by Gasteiger charge is 2.22. The van der Waals surface area contributed by atoms with E-state index in [1.165, 1.54) is 23.3 Å². The average molecular weight is 359 g/mol. The van der Waals surface area contributed by atoms with E-state index in [1.807, 2.05) is 17.4 Å². The summed E-state index contributed by atoms with van der Waals surface area (Å²) >= 11 is 0. The SMILES string of the molecule is O=[N+]([O-])c1ccccc1OC[C@H](O)C[NH2+]C[C@H]1OCCc2ccccc21. The molecule has 0 bridgehead atoms. The maximum atomic E-state index is 11.0. The summed E-state index contributed by atoms with van der Waals surface area (Å²) in [5.41, 5.74) is 2.42. The van der Waals surface area contributed by atoms with Crippen LogP contribution in [0.4, 0.5) is 5.69 Å². The molecule has 0 fully saturated rings. The minimum absolute atomic E-state index is 0.00344. The lowest BCUT2D eigenvalue weighted by Gasteiger charge is -2.25. The van der Waals surface area contributed by atoms with Crippen molar-refractivity contribution in [3.63, 3.8) is 0 Å². The molecule has 1 aliphatic rings. The normalized spacial score (nSPS) is 17.3. The quantitative estimate of drug-likeness (QED) is 0.545. The summed E-state index contributed by atoms with van der Waals surface area (Å²) in [6.07, 6.45) is 0.218. The molecule has 138 valence electrons. The van der Waals surface area contributed by atoms with Crippen molar-refractivity contribution in [2.75, 3.05) is 26.3 Å². The van der Waals surface area contributed by atoms with E-state index < -0.39 is 11.0 Å². The predicted molar refractivity (Wildman–Crippen MR) is 95.1 cm³/mol. The summed E-state index contributed by atoms with van der Waals surface area (Å²) in [7, 11) is 0. The van der Waals surface area contributed by atoms with Gasteiger partial charge in [0.2, 0.25) is 0 Å². The van der Waals surface area contributed by atoms with Crippen LogP contribution in [0.25, 0.3) is 0 Å². The molecule has 26 heavy (non-hydrogen) atoms.